The average molecular weight is 465 g/mol. The van der Waals surface area contributed by atoms with Crippen molar-refractivity contribution >= 4 is 27.3 Å². The second-order valence-electron chi connectivity index (χ2n) is 7.12. The normalized spacial score (nSPS) is 15.7. The molecular weight excluding hydrogens is 443 g/mol. The summed E-state index contributed by atoms with van der Waals surface area (Å²) in [7, 11) is -3.73. The lowest BCUT2D eigenvalue weighted by atomic mass is 10.2. The Bertz CT molecular complexity index is 1130. The van der Waals surface area contributed by atoms with Gasteiger partial charge < -0.3 is 9.42 Å². The highest BCUT2D eigenvalue weighted by molar-refractivity contribution is 7.89. The summed E-state index contributed by atoms with van der Waals surface area (Å²) in [6, 6.07) is 6.66. The molecule has 3 aromatic rings. The van der Waals surface area contributed by atoms with Crippen molar-refractivity contribution in [3.05, 3.63) is 52.8 Å². The van der Waals surface area contributed by atoms with E-state index < -0.39 is 15.8 Å². The number of halogens is 1. The molecule has 2 aromatic heterocycles. The second-order valence-corrected chi connectivity index (χ2v) is 9.83. The summed E-state index contributed by atoms with van der Waals surface area (Å²) >= 11 is 1.54. The van der Waals surface area contributed by atoms with Crippen molar-refractivity contribution in [1.82, 2.24) is 19.3 Å². The molecule has 3 heterocycles. The molecule has 1 fully saturated rings. The van der Waals surface area contributed by atoms with E-state index >= 15 is 0 Å². The third-order valence-electron chi connectivity index (χ3n) is 5.06. The molecule has 164 valence electrons. The number of hydrogen-bond donors (Lipinski definition) is 0. The Hall–Kier alpha value is -2.63. The molecule has 1 saturated heterocycles. The topological polar surface area (TPSA) is 96.6 Å². The maximum atomic E-state index is 13.1. The zero-order valence-corrected chi connectivity index (χ0v) is 18.2. The van der Waals surface area contributed by atoms with Crippen molar-refractivity contribution in [2.45, 2.75) is 24.2 Å². The molecule has 31 heavy (non-hydrogen) atoms. The number of benzene rings is 1. The van der Waals surface area contributed by atoms with Crippen molar-refractivity contribution < 1.29 is 22.1 Å². The van der Waals surface area contributed by atoms with E-state index in [0.717, 1.165) is 17.7 Å². The van der Waals surface area contributed by atoms with Gasteiger partial charge in [-0.05, 0) is 42.1 Å². The van der Waals surface area contributed by atoms with Gasteiger partial charge in [0.2, 0.25) is 27.6 Å². The van der Waals surface area contributed by atoms with E-state index in [2.05, 4.69) is 10.1 Å². The molecule has 0 N–H and O–H groups in total. The number of aryl methyl sites for hydroxylation is 1. The van der Waals surface area contributed by atoms with Crippen LogP contribution in [0.25, 0.3) is 11.4 Å². The summed E-state index contributed by atoms with van der Waals surface area (Å²) in [5, 5.41) is 7.78. The first-order valence-corrected chi connectivity index (χ1v) is 12.2. The summed E-state index contributed by atoms with van der Waals surface area (Å²) < 4.78 is 45.3. The predicted molar refractivity (Wildman–Crippen MR) is 112 cm³/mol. The summed E-state index contributed by atoms with van der Waals surface area (Å²) in [4.78, 5) is 18.7. The van der Waals surface area contributed by atoms with Crippen LogP contribution in [0.1, 0.15) is 18.7 Å². The molecule has 0 radical (unpaired) electrons. The zero-order chi connectivity index (χ0) is 21.8. The van der Waals surface area contributed by atoms with Crippen LogP contribution >= 0.6 is 11.3 Å². The molecule has 11 heteroatoms. The lowest BCUT2D eigenvalue weighted by Crippen LogP contribution is -2.37. The fraction of sp³-hybridized carbons (Fsp3) is 0.350. The third kappa shape index (κ3) is 5.00. The number of thiophene rings is 1. The largest absolute Gasteiger partial charge is 0.341 e. The third-order valence-corrected chi connectivity index (χ3v) is 7.66. The van der Waals surface area contributed by atoms with Crippen LogP contribution in [0, 0.1) is 5.82 Å². The SMILES string of the molecule is O=C(CCc1nc(-c2ccsc2)no1)N1CCCN(S(=O)(=O)c2ccc(F)cc2)CC1. The van der Waals surface area contributed by atoms with Crippen molar-refractivity contribution in [3.63, 3.8) is 0 Å². The van der Waals surface area contributed by atoms with Crippen LogP contribution in [0.3, 0.4) is 0 Å². The quantitative estimate of drug-likeness (QED) is 0.557. The number of hydrogen-bond acceptors (Lipinski definition) is 7. The van der Waals surface area contributed by atoms with Crippen LogP contribution in [0.15, 0.2) is 50.5 Å². The number of nitrogens with zero attached hydrogens (tertiary/aromatic N) is 4. The molecule has 0 bridgehead atoms. The molecular formula is C20H21FN4O4S2. The van der Waals surface area contributed by atoms with E-state index in [0.29, 0.717) is 44.2 Å². The van der Waals surface area contributed by atoms with E-state index in [4.69, 9.17) is 4.52 Å². The van der Waals surface area contributed by atoms with Crippen LogP contribution < -0.4 is 0 Å². The van der Waals surface area contributed by atoms with Crippen molar-refractivity contribution in [2.24, 2.45) is 0 Å². The van der Waals surface area contributed by atoms with Gasteiger partial charge in [0, 0.05) is 50.0 Å². The lowest BCUT2D eigenvalue weighted by molar-refractivity contribution is -0.131. The van der Waals surface area contributed by atoms with Gasteiger partial charge >= 0.3 is 0 Å². The minimum Gasteiger partial charge on any atom is -0.341 e. The zero-order valence-electron chi connectivity index (χ0n) is 16.6. The Labute approximate surface area is 183 Å². The van der Waals surface area contributed by atoms with Gasteiger partial charge in [0.05, 0.1) is 4.90 Å². The Morgan fingerprint density at radius 1 is 1.13 bits per heavy atom. The van der Waals surface area contributed by atoms with E-state index in [9.17, 15) is 17.6 Å². The van der Waals surface area contributed by atoms with Gasteiger partial charge in [-0.25, -0.2) is 12.8 Å². The standard InChI is InChI=1S/C20H21FN4O4S2/c21-16-2-4-17(5-3-16)31(27,28)25-10-1-9-24(11-12-25)19(26)7-6-18-22-20(23-29-18)15-8-13-30-14-15/h2-5,8,13-14H,1,6-7,9-12H2. The summed E-state index contributed by atoms with van der Waals surface area (Å²) in [5.74, 6) is 0.316. The minimum atomic E-state index is -3.73. The molecule has 8 nitrogen and oxygen atoms in total. The number of amides is 1. The highest BCUT2D eigenvalue weighted by Gasteiger charge is 2.28. The summed E-state index contributed by atoms with van der Waals surface area (Å²) in [5.41, 5.74) is 0.876. The van der Waals surface area contributed by atoms with E-state index in [1.807, 2.05) is 16.8 Å². The first kappa shape index (κ1) is 21.6. The number of aromatic nitrogens is 2. The summed E-state index contributed by atoms with van der Waals surface area (Å²) in [6.45, 7) is 1.26. The number of carbonyl (C=O) groups is 1. The minimum absolute atomic E-state index is 0.0477. The molecule has 4 rings (SSSR count). The Kier molecular flexibility index (Phi) is 6.44. The second kappa shape index (κ2) is 9.25. The van der Waals surface area contributed by atoms with Crippen LogP contribution in [-0.2, 0) is 21.2 Å². The van der Waals surface area contributed by atoms with Gasteiger partial charge in [0.1, 0.15) is 5.82 Å². The van der Waals surface area contributed by atoms with Gasteiger partial charge in [0.25, 0.3) is 0 Å². The fourth-order valence-corrected chi connectivity index (χ4v) is 5.48. The van der Waals surface area contributed by atoms with Gasteiger partial charge in [-0.15, -0.1) is 0 Å². The van der Waals surface area contributed by atoms with Crippen molar-refractivity contribution in [1.29, 1.82) is 0 Å². The molecule has 0 spiro atoms. The number of sulfonamides is 1. The molecule has 1 aliphatic rings. The molecule has 1 aliphatic heterocycles. The molecule has 0 unspecified atom stereocenters. The van der Waals surface area contributed by atoms with Gasteiger partial charge in [-0.2, -0.15) is 20.6 Å². The summed E-state index contributed by atoms with van der Waals surface area (Å²) in [6.07, 6.45) is 1.05. The van der Waals surface area contributed by atoms with Gasteiger partial charge in [-0.1, -0.05) is 5.16 Å². The molecule has 0 aliphatic carbocycles. The predicted octanol–water partition coefficient (Wildman–Crippen LogP) is 2.79. The molecule has 0 saturated carbocycles. The van der Waals surface area contributed by atoms with Crippen molar-refractivity contribution in [2.75, 3.05) is 26.2 Å². The number of carbonyl (C=O) groups excluding carboxylic acids is 1. The average Bonchev–Trinajstić information content (AvgIpc) is 3.39. The number of rotatable bonds is 6. The van der Waals surface area contributed by atoms with Crippen LogP contribution in [0.2, 0.25) is 0 Å². The van der Waals surface area contributed by atoms with Crippen molar-refractivity contribution in [3.8, 4) is 11.4 Å². The Morgan fingerprint density at radius 3 is 2.68 bits per heavy atom. The van der Waals surface area contributed by atoms with Gasteiger partial charge in [0.15, 0.2) is 0 Å². The Morgan fingerprint density at radius 2 is 1.94 bits per heavy atom. The highest BCUT2D eigenvalue weighted by Crippen LogP contribution is 2.20. The van der Waals surface area contributed by atoms with Crippen LogP contribution in [0.4, 0.5) is 4.39 Å². The molecule has 1 aromatic carbocycles. The first-order valence-electron chi connectivity index (χ1n) is 9.82. The highest BCUT2D eigenvalue weighted by atomic mass is 32.2. The van der Waals surface area contributed by atoms with Crippen LogP contribution in [-0.4, -0.2) is 59.8 Å². The smallest absolute Gasteiger partial charge is 0.243 e. The van der Waals surface area contributed by atoms with E-state index in [-0.39, 0.29) is 23.8 Å². The van der Waals surface area contributed by atoms with E-state index in [1.54, 1.807) is 4.90 Å². The maximum absolute atomic E-state index is 13.1. The molecule has 0 atom stereocenters. The lowest BCUT2D eigenvalue weighted by Gasteiger charge is -2.22. The van der Waals surface area contributed by atoms with Gasteiger partial charge in [-0.3, -0.25) is 4.79 Å². The van der Waals surface area contributed by atoms with E-state index in [1.165, 1.54) is 27.8 Å². The monoisotopic (exact) mass is 464 g/mol. The maximum Gasteiger partial charge on any atom is 0.243 e. The Balaban J connectivity index is 1.33. The first-order chi connectivity index (χ1) is 14.9. The fourth-order valence-electron chi connectivity index (χ4n) is 3.38. The van der Waals surface area contributed by atoms with Crippen LogP contribution in [0.5, 0.6) is 0 Å². The molecule has 1 amide bonds.